The van der Waals surface area contributed by atoms with Crippen molar-refractivity contribution in [2.45, 2.75) is 19.9 Å². The fourth-order valence-corrected chi connectivity index (χ4v) is 5.51. The van der Waals surface area contributed by atoms with Crippen LogP contribution >= 0.6 is 34.5 Å². The summed E-state index contributed by atoms with van der Waals surface area (Å²) in [5.74, 6) is 0.160. The van der Waals surface area contributed by atoms with E-state index in [2.05, 4.69) is 4.99 Å². The maximum atomic E-state index is 13.7. The number of phenolic OH excluding ortho intramolecular Hbond substituents is 1. The monoisotopic (exact) mass is 548 g/mol. The zero-order valence-electron chi connectivity index (χ0n) is 19.8. The summed E-state index contributed by atoms with van der Waals surface area (Å²) in [5, 5.41) is 10.8. The number of rotatable bonds is 6. The molecular weight excluding hydrogens is 527 g/mol. The minimum atomic E-state index is -0.834. The summed E-state index contributed by atoms with van der Waals surface area (Å²) < 4.78 is 17.8. The van der Waals surface area contributed by atoms with E-state index < -0.39 is 17.6 Å². The molecule has 0 amide bonds. The van der Waals surface area contributed by atoms with E-state index >= 15 is 0 Å². The molecule has 8 nitrogen and oxygen atoms in total. The first-order valence-electron chi connectivity index (χ1n) is 10.8. The number of halogens is 2. The molecule has 1 N–H and O–H groups in total. The van der Waals surface area contributed by atoms with Gasteiger partial charge in [-0.05, 0) is 49.8 Å². The van der Waals surface area contributed by atoms with Crippen LogP contribution in [0.1, 0.15) is 31.0 Å². The Morgan fingerprint density at radius 2 is 1.92 bits per heavy atom. The summed E-state index contributed by atoms with van der Waals surface area (Å²) in [7, 11) is 3.02. The van der Waals surface area contributed by atoms with Gasteiger partial charge in [-0.3, -0.25) is 9.36 Å². The molecule has 1 aliphatic rings. The third-order valence-electron chi connectivity index (χ3n) is 5.58. The van der Waals surface area contributed by atoms with Crippen molar-refractivity contribution in [3.63, 3.8) is 0 Å². The van der Waals surface area contributed by atoms with Crippen molar-refractivity contribution in [3.8, 4) is 17.2 Å². The van der Waals surface area contributed by atoms with Gasteiger partial charge in [-0.2, -0.15) is 0 Å². The van der Waals surface area contributed by atoms with Gasteiger partial charge < -0.3 is 19.3 Å². The molecule has 188 valence electrons. The van der Waals surface area contributed by atoms with Gasteiger partial charge in [0.2, 0.25) is 0 Å². The number of carbonyl (C=O) groups excluding carboxylic acids is 1. The normalized spacial score (nSPS) is 15.4. The molecule has 0 saturated carbocycles. The van der Waals surface area contributed by atoms with Crippen LogP contribution in [0.15, 0.2) is 51.4 Å². The number of thiazole rings is 1. The van der Waals surface area contributed by atoms with Crippen LogP contribution in [-0.2, 0) is 9.53 Å². The molecule has 0 fully saturated rings. The molecule has 0 radical (unpaired) electrons. The summed E-state index contributed by atoms with van der Waals surface area (Å²) in [4.78, 5) is 31.6. The number of hydrogen-bond donors (Lipinski definition) is 1. The van der Waals surface area contributed by atoms with Crippen molar-refractivity contribution in [1.29, 1.82) is 0 Å². The number of fused-ring (bicyclic) bond motifs is 1. The van der Waals surface area contributed by atoms with Gasteiger partial charge in [0.1, 0.15) is 5.75 Å². The number of aromatic nitrogens is 1. The van der Waals surface area contributed by atoms with Crippen molar-refractivity contribution in [2.75, 3.05) is 20.8 Å². The van der Waals surface area contributed by atoms with Crippen LogP contribution in [0.3, 0.4) is 0 Å². The minimum absolute atomic E-state index is 0.0603. The maximum Gasteiger partial charge on any atom is 0.338 e. The van der Waals surface area contributed by atoms with Gasteiger partial charge in [-0.25, -0.2) is 9.79 Å². The topological polar surface area (TPSA) is 99.4 Å². The fraction of sp³-hybridized carbons (Fsp3) is 0.240. The first-order valence-corrected chi connectivity index (χ1v) is 12.4. The molecule has 1 atom stereocenters. The van der Waals surface area contributed by atoms with E-state index in [1.165, 1.54) is 37.0 Å². The second kappa shape index (κ2) is 10.4. The lowest BCUT2D eigenvalue weighted by Gasteiger charge is -2.25. The number of methoxy groups -OCH3 is 2. The summed E-state index contributed by atoms with van der Waals surface area (Å²) in [6.45, 7) is 3.56. The Bertz CT molecular complexity index is 1570. The van der Waals surface area contributed by atoms with Crippen molar-refractivity contribution in [3.05, 3.63) is 82.5 Å². The third-order valence-corrected chi connectivity index (χ3v) is 7.07. The Balaban J connectivity index is 2.00. The standard InChI is InChI=1S/C25H22Cl2N2O6S/c1-5-35-24(32)20-12(2)28-25-29(21(20)13-6-7-17(33-3)18(9-13)34-4)23(31)19(36-25)10-14-8-15(26)11-16(27)22(14)30/h6-11,21,30H,5H2,1-4H3/b19-10-. The number of allylic oxidation sites excluding steroid dienone is 1. The van der Waals surface area contributed by atoms with E-state index in [1.807, 2.05) is 0 Å². The van der Waals surface area contributed by atoms with Crippen LogP contribution in [0.4, 0.5) is 0 Å². The molecule has 0 bridgehead atoms. The summed E-state index contributed by atoms with van der Waals surface area (Å²) in [6.07, 6.45) is 1.49. The van der Waals surface area contributed by atoms with Crippen LogP contribution in [0.5, 0.6) is 17.2 Å². The number of carbonyl (C=O) groups is 1. The van der Waals surface area contributed by atoms with Crippen LogP contribution in [0.2, 0.25) is 10.0 Å². The highest BCUT2D eigenvalue weighted by atomic mass is 35.5. The number of aromatic hydroxyl groups is 1. The molecule has 2 heterocycles. The summed E-state index contributed by atoms with van der Waals surface area (Å²) >= 11 is 13.3. The van der Waals surface area contributed by atoms with Crippen molar-refractivity contribution in [2.24, 2.45) is 4.99 Å². The molecule has 2 aromatic carbocycles. The molecule has 0 aliphatic carbocycles. The predicted octanol–water partition coefficient (Wildman–Crippen LogP) is 3.83. The van der Waals surface area contributed by atoms with E-state index in [4.69, 9.17) is 37.4 Å². The molecule has 1 aromatic heterocycles. The highest BCUT2D eigenvalue weighted by Crippen LogP contribution is 2.36. The number of hydrogen-bond acceptors (Lipinski definition) is 8. The lowest BCUT2D eigenvalue weighted by molar-refractivity contribution is -0.139. The van der Waals surface area contributed by atoms with Crippen molar-refractivity contribution < 1.29 is 24.1 Å². The van der Waals surface area contributed by atoms with Gasteiger partial charge in [0.25, 0.3) is 5.56 Å². The van der Waals surface area contributed by atoms with Crippen LogP contribution in [0, 0.1) is 0 Å². The average molecular weight is 549 g/mol. The van der Waals surface area contributed by atoms with Gasteiger partial charge in [0, 0.05) is 10.6 Å². The Morgan fingerprint density at radius 3 is 2.58 bits per heavy atom. The first-order chi connectivity index (χ1) is 17.2. The Labute approximate surface area is 220 Å². The molecular formula is C25H22Cl2N2O6S. The molecule has 11 heteroatoms. The van der Waals surface area contributed by atoms with Gasteiger partial charge >= 0.3 is 5.97 Å². The van der Waals surface area contributed by atoms with E-state index in [-0.39, 0.29) is 33.0 Å². The second-order valence-electron chi connectivity index (χ2n) is 7.74. The predicted molar refractivity (Wildman–Crippen MR) is 138 cm³/mol. The van der Waals surface area contributed by atoms with Crippen molar-refractivity contribution in [1.82, 2.24) is 4.57 Å². The average Bonchev–Trinajstić information content (AvgIpc) is 3.15. The Kier molecular flexibility index (Phi) is 7.44. The maximum absolute atomic E-state index is 13.7. The quantitative estimate of drug-likeness (QED) is 0.470. The lowest BCUT2D eigenvalue weighted by Crippen LogP contribution is -2.40. The molecule has 1 aliphatic heterocycles. The zero-order chi connectivity index (χ0) is 26.1. The number of ether oxygens (including phenoxy) is 3. The van der Waals surface area contributed by atoms with Crippen molar-refractivity contribution >= 4 is 46.6 Å². The van der Waals surface area contributed by atoms with E-state index in [1.54, 1.807) is 32.0 Å². The molecule has 1 unspecified atom stereocenters. The number of nitrogens with zero attached hydrogens (tertiary/aromatic N) is 2. The van der Waals surface area contributed by atoms with Gasteiger partial charge in [0.05, 0.1) is 47.7 Å². The molecule has 3 aromatic rings. The number of benzene rings is 2. The number of phenols is 1. The molecule has 0 spiro atoms. The van der Waals surface area contributed by atoms with E-state index in [0.29, 0.717) is 32.6 Å². The first kappa shape index (κ1) is 25.8. The Hall–Kier alpha value is -3.27. The largest absolute Gasteiger partial charge is 0.506 e. The summed E-state index contributed by atoms with van der Waals surface area (Å²) in [6, 6.07) is 7.24. The highest BCUT2D eigenvalue weighted by Gasteiger charge is 2.34. The van der Waals surface area contributed by atoms with Crippen LogP contribution in [0.25, 0.3) is 6.08 Å². The highest BCUT2D eigenvalue weighted by molar-refractivity contribution is 7.07. The molecule has 36 heavy (non-hydrogen) atoms. The third kappa shape index (κ3) is 4.61. The zero-order valence-corrected chi connectivity index (χ0v) is 22.1. The van der Waals surface area contributed by atoms with Gasteiger partial charge in [-0.1, -0.05) is 40.6 Å². The number of esters is 1. The minimum Gasteiger partial charge on any atom is -0.506 e. The summed E-state index contributed by atoms with van der Waals surface area (Å²) in [5.41, 5.74) is 1.13. The Morgan fingerprint density at radius 1 is 1.19 bits per heavy atom. The van der Waals surface area contributed by atoms with E-state index in [9.17, 15) is 14.7 Å². The SMILES string of the molecule is CCOC(=O)C1=C(C)N=c2s/c(=C\c3cc(Cl)cc(Cl)c3O)c(=O)n2C1c1ccc(OC)c(OC)c1. The van der Waals surface area contributed by atoms with Gasteiger partial charge in [0.15, 0.2) is 16.3 Å². The van der Waals surface area contributed by atoms with Crippen LogP contribution in [-0.4, -0.2) is 36.5 Å². The smallest absolute Gasteiger partial charge is 0.338 e. The van der Waals surface area contributed by atoms with Gasteiger partial charge in [-0.15, -0.1) is 0 Å². The van der Waals surface area contributed by atoms with E-state index in [0.717, 1.165) is 11.3 Å². The lowest BCUT2D eigenvalue weighted by atomic mass is 9.95. The molecule has 0 saturated heterocycles. The second-order valence-corrected chi connectivity index (χ2v) is 9.59. The fourth-order valence-electron chi connectivity index (χ4n) is 3.97. The molecule has 4 rings (SSSR count). The van der Waals surface area contributed by atoms with Crippen LogP contribution < -0.4 is 24.4 Å².